The molecular weight excluding hydrogens is 429 g/mol. The number of anilines is 1. The fraction of sp³-hybridized carbons (Fsp3) is 0.500. The van der Waals surface area contributed by atoms with Gasteiger partial charge in [0.15, 0.2) is 9.84 Å². The molecule has 0 bridgehead atoms. The van der Waals surface area contributed by atoms with Crippen LogP contribution in [0.5, 0.6) is 0 Å². The number of hydrogen-bond acceptors (Lipinski definition) is 5. The fourth-order valence-corrected chi connectivity index (χ4v) is 5.95. The van der Waals surface area contributed by atoms with Crippen LogP contribution in [0.1, 0.15) is 56.8 Å². The molecule has 3 rings (SSSR count). The lowest BCUT2D eigenvalue weighted by molar-refractivity contribution is -0.137. The fourth-order valence-electron chi connectivity index (χ4n) is 4.06. The van der Waals surface area contributed by atoms with Crippen molar-refractivity contribution in [3.63, 3.8) is 0 Å². The summed E-state index contributed by atoms with van der Waals surface area (Å²) in [5.41, 5.74) is -0.233. The van der Waals surface area contributed by atoms with Crippen molar-refractivity contribution >= 4 is 15.7 Å². The smallest absolute Gasteiger partial charge is 0.373 e. The van der Waals surface area contributed by atoms with Crippen LogP contribution in [0.4, 0.5) is 19.0 Å². The number of sulfone groups is 1. The van der Waals surface area contributed by atoms with Crippen LogP contribution in [0.15, 0.2) is 47.5 Å². The van der Waals surface area contributed by atoms with Crippen LogP contribution in [0, 0.1) is 0 Å². The molecule has 0 saturated carbocycles. The van der Waals surface area contributed by atoms with E-state index < -0.39 is 32.4 Å². The second kappa shape index (κ2) is 8.78. The van der Waals surface area contributed by atoms with E-state index in [2.05, 4.69) is 10.3 Å². The molecule has 1 aliphatic rings. The monoisotopic (exact) mass is 456 g/mol. The van der Waals surface area contributed by atoms with Gasteiger partial charge in [-0.15, -0.1) is 0 Å². The van der Waals surface area contributed by atoms with Gasteiger partial charge in [-0.05, 0) is 56.0 Å². The average molecular weight is 457 g/mol. The number of rotatable bonds is 6. The molecule has 1 saturated heterocycles. The Hall–Kier alpha value is -2.13. The first-order valence-corrected chi connectivity index (χ1v) is 11.7. The summed E-state index contributed by atoms with van der Waals surface area (Å²) in [6.07, 6.45) is -2.00. The van der Waals surface area contributed by atoms with E-state index in [-0.39, 0.29) is 23.8 Å². The van der Waals surface area contributed by atoms with Crippen LogP contribution in [0.3, 0.4) is 0 Å². The lowest BCUT2D eigenvalue weighted by Crippen LogP contribution is -2.45. The summed E-state index contributed by atoms with van der Waals surface area (Å²) in [6.45, 7) is 3.59. The summed E-state index contributed by atoms with van der Waals surface area (Å²) in [4.78, 5) is 3.97. The molecule has 1 aromatic carbocycles. The molecule has 1 N–H and O–H groups in total. The number of nitrogens with zero attached hydrogens (tertiary/aromatic N) is 1. The predicted octanol–water partition coefficient (Wildman–Crippen LogP) is 5.39. The first-order chi connectivity index (χ1) is 14.5. The van der Waals surface area contributed by atoms with Gasteiger partial charge in [0.1, 0.15) is 5.82 Å². The molecule has 0 spiro atoms. The maximum atomic E-state index is 13.6. The minimum absolute atomic E-state index is 0.131. The van der Waals surface area contributed by atoms with Gasteiger partial charge in [0, 0.05) is 13.2 Å². The molecular formula is C22H27F3N2O3S. The Morgan fingerprint density at radius 2 is 1.97 bits per heavy atom. The number of pyridine rings is 1. The van der Waals surface area contributed by atoms with Gasteiger partial charge in [0.05, 0.1) is 27.4 Å². The molecule has 9 heteroatoms. The molecule has 1 aliphatic heterocycles. The second-order valence-electron chi connectivity index (χ2n) is 8.15. The van der Waals surface area contributed by atoms with Crippen molar-refractivity contribution in [3.05, 3.63) is 53.7 Å². The first kappa shape index (κ1) is 23.5. The molecule has 0 amide bonds. The normalized spacial score (nSPS) is 24.7. The highest BCUT2D eigenvalue weighted by Crippen LogP contribution is 2.45. The summed E-state index contributed by atoms with van der Waals surface area (Å²) in [5, 5.41) is 2.93. The summed E-state index contributed by atoms with van der Waals surface area (Å²) in [7, 11) is -2.32. The quantitative estimate of drug-likeness (QED) is 0.631. The Balaban J connectivity index is 2.00. The Bertz CT molecular complexity index is 1010. The molecule has 0 radical (unpaired) electrons. The van der Waals surface area contributed by atoms with Crippen LogP contribution in [-0.2, 0) is 20.8 Å². The lowest BCUT2D eigenvalue weighted by Gasteiger charge is -2.42. The Labute approximate surface area is 181 Å². The van der Waals surface area contributed by atoms with E-state index in [1.165, 1.54) is 6.07 Å². The van der Waals surface area contributed by atoms with Crippen molar-refractivity contribution in [1.82, 2.24) is 4.98 Å². The van der Waals surface area contributed by atoms with Crippen LogP contribution in [-0.4, -0.2) is 31.3 Å². The Kier molecular flexibility index (Phi) is 6.67. The predicted molar refractivity (Wildman–Crippen MR) is 113 cm³/mol. The molecule has 3 unspecified atom stereocenters. The third-order valence-electron chi connectivity index (χ3n) is 5.78. The maximum Gasteiger partial charge on any atom is 0.416 e. The zero-order valence-corrected chi connectivity index (χ0v) is 18.6. The summed E-state index contributed by atoms with van der Waals surface area (Å²) in [6, 6.07) is 7.58. The Morgan fingerprint density at radius 1 is 1.23 bits per heavy atom. The van der Waals surface area contributed by atoms with Crippen molar-refractivity contribution in [1.29, 1.82) is 0 Å². The maximum absolute atomic E-state index is 13.6. The van der Waals surface area contributed by atoms with Crippen LogP contribution in [0.25, 0.3) is 0 Å². The van der Waals surface area contributed by atoms with E-state index in [1.807, 2.05) is 13.0 Å². The molecule has 31 heavy (non-hydrogen) atoms. The van der Waals surface area contributed by atoms with Gasteiger partial charge in [-0.3, -0.25) is 0 Å². The largest absolute Gasteiger partial charge is 0.416 e. The van der Waals surface area contributed by atoms with Crippen molar-refractivity contribution in [2.45, 2.75) is 67.6 Å². The minimum atomic E-state index is -4.61. The van der Waals surface area contributed by atoms with E-state index in [9.17, 15) is 21.6 Å². The van der Waals surface area contributed by atoms with Gasteiger partial charge in [-0.1, -0.05) is 25.5 Å². The molecule has 2 heterocycles. The molecule has 3 atom stereocenters. The van der Waals surface area contributed by atoms with Gasteiger partial charge in [0.2, 0.25) is 0 Å². The highest BCUT2D eigenvalue weighted by atomic mass is 32.2. The van der Waals surface area contributed by atoms with E-state index in [4.69, 9.17) is 4.74 Å². The van der Waals surface area contributed by atoms with Crippen molar-refractivity contribution in [2.75, 3.05) is 12.4 Å². The van der Waals surface area contributed by atoms with Crippen LogP contribution >= 0.6 is 0 Å². The summed E-state index contributed by atoms with van der Waals surface area (Å²) in [5.74, 6) is 0.670. The SMILES string of the molecule is CCCC1CC(C)(S(=O)(=O)c2cccc(C(F)(F)F)c2)CC(c2ccc(NC)nc2)O1. The third-order valence-corrected chi connectivity index (χ3v) is 8.28. The van der Waals surface area contributed by atoms with Crippen molar-refractivity contribution < 1.29 is 26.3 Å². The lowest BCUT2D eigenvalue weighted by atomic mass is 9.88. The first-order valence-electron chi connectivity index (χ1n) is 10.2. The topological polar surface area (TPSA) is 68.3 Å². The third kappa shape index (κ3) is 4.87. The number of aromatic nitrogens is 1. The zero-order chi connectivity index (χ0) is 22.9. The van der Waals surface area contributed by atoms with Crippen molar-refractivity contribution in [3.8, 4) is 0 Å². The van der Waals surface area contributed by atoms with E-state index in [1.54, 1.807) is 26.2 Å². The van der Waals surface area contributed by atoms with Gasteiger partial charge in [0.25, 0.3) is 0 Å². The standard InChI is InChI=1S/C22H27F3N2O3S/c1-4-6-17-12-21(2,13-19(30-17)15-9-10-20(26-3)27-14-15)31(28,29)18-8-5-7-16(11-18)22(23,24)25/h5,7-11,14,17,19H,4,6,12-13H2,1-3H3,(H,26,27). The number of benzene rings is 1. The van der Waals surface area contributed by atoms with Gasteiger partial charge >= 0.3 is 6.18 Å². The molecule has 5 nitrogen and oxygen atoms in total. The summed E-state index contributed by atoms with van der Waals surface area (Å²) >= 11 is 0. The van der Waals surface area contributed by atoms with Gasteiger partial charge in [-0.2, -0.15) is 13.2 Å². The number of ether oxygens (including phenoxy) is 1. The minimum Gasteiger partial charge on any atom is -0.373 e. The van der Waals surface area contributed by atoms with E-state index >= 15 is 0 Å². The highest BCUT2D eigenvalue weighted by Gasteiger charge is 2.48. The number of hydrogen-bond donors (Lipinski definition) is 1. The number of nitrogens with one attached hydrogen (secondary N) is 1. The van der Waals surface area contributed by atoms with Crippen LogP contribution in [0.2, 0.25) is 0 Å². The molecule has 0 aliphatic carbocycles. The van der Waals surface area contributed by atoms with Gasteiger partial charge < -0.3 is 10.1 Å². The zero-order valence-electron chi connectivity index (χ0n) is 17.7. The second-order valence-corrected chi connectivity index (χ2v) is 10.6. The highest BCUT2D eigenvalue weighted by molar-refractivity contribution is 7.92. The summed E-state index contributed by atoms with van der Waals surface area (Å²) < 4.78 is 71.6. The molecule has 170 valence electrons. The van der Waals surface area contributed by atoms with Crippen LogP contribution < -0.4 is 5.32 Å². The number of halogens is 3. The molecule has 2 aromatic rings. The Morgan fingerprint density at radius 3 is 2.55 bits per heavy atom. The molecule has 1 aromatic heterocycles. The van der Waals surface area contributed by atoms with Gasteiger partial charge in [-0.25, -0.2) is 13.4 Å². The van der Waals surface area contributed by atoms with E-state index in [0.29, 0.717) is 12.2 Å². The number of alkyl halides is 3. The van der Waals surface area contributed by atoms with Crippen molar-refractivity contribution in [2.24, 2.45) is 0 Å². The molecule has 1 fully saturated rings. The van der Waals surface area contributed by atoms with E-state index in [0.717, 1.165) is 30.2 Å². The average Bonchev–Trinajstić information content (AvgIpc) is 2.73.